The van der Waals surface area contributed by atoms with Crippen LogP contribution < -0.4 is 9.47 Å². The van der Waals surface area contributed by atoms with E-state index < -0.39 is 5.91 Å². The van der Waals surface area contributed by atoms with Crippen LogP contribution in [0.5, 0.6) is 11.5 Å². The predicted octanol–water partition coefficient (Wildman–Crippen LogP) is 9.41. The number of aromatic nitrogens is 3. The number of unbranched alkanes of at least 4 members (excludes halogenated alkanes) is 1. The number of nitrogens with zero attached hydrogens (tertiary/aromatic N) is 5. The molecule has 0 aliphatic carbocycles. The molecule has 0 bridgehead atoms. The molecule has 0 spiro atoms. The highest BCUT2D eigenvalue weighted by Crippen LogP contribution is 2.24. The Morgan fingerprint density at radius 3 is 2.10 bits per heavy atom. The Balaban J connectivity index is 0.00000114. The lowest BCUT2D eigenvalue weighted by molar-refractivity contribution is -0.114. The van der Waals surface area contributed by atoms with Crippen molar-refractivity contribution in [2.75, 3.05) is 39.6 Å². The summed E-state index contributed by atoms with van der Waals surface area (Å²) in [4.78, 5) is 21.4. The maximum absolute atomic E-state index is 9.93. The van der Waals surface area contributed by atoms with Gasteiger partial charge >= 0.3 is 5.91 Å². The summed E-state index contributed by atoms with van der Waals surface area (Å²) in [5.41, 5.74) is 1.24. The molecule has 0 saturated heterocycles. The third-order valence-corrected chi connectivity index (χ3v) is 6.93. The summed E-state index contributed by atoms with van der Waals surface area (Å²) in [6.07, 6.45) is 10.6. The van der Waals surface area contributed by atoms with E-state index in [9.17, 15) is 9.70 Å². The van der Waals surface area contributed by atoms with E-state index in [0.29, 0.717) is 6.61 Å². The topological polar surface area (TPSA) is 98.9 Å². The van der Waals surface area contributed by atoms with E-state index in [1.54, 1.807) is 6.08 Å². The summed E-state index contributed by atoms with van der Waals surface area (Å²) in [6, 6.07) is 18.1. The van der Waals surface area contributed by atoms with Gasteiger partial charge in [-0.15, -0.1) is 21.7 Å². The van der Waals surface area contributed by atoms with Crippen LogP contribution in [0.1, 0.15) is 66.1 Å². The first-order valence-electron chi connectivity index (χ1n) is 16.5. The minimum absolute atomic E-state index is 0.176. The fraction of sp³-hybridized carbons (Fsp3) is 0.447. The lowest BCUT2D eigenvalue weighted by Gasteiger charge is -2.11. The van der Waals surface area contributed by atoms with Gasteiger partial charge in [-0.1, -0.05) is 63.3 Å². The number of amides is 1. The second-order valence-corrected chi connectivity index (χ2v) is 11.9. The number of carbonyl (C=O) groups excluding carboxylic acids is 1. The molecule has 48 heavy (non-hydrogen) atoms. The molecule has 0 fully saturated rings. The third kappa shape index (κ3) is 21.0. The SMILES string of the molecule is C/C=C\CCC.C=C(C)C(=O)N=O.C=CC.CCCn1c(CSCCOc2ccccc2)nnc1-c1ccc(OCCCN(C)C)cc1. The Morgan fingerprint density at radius 2 is 1.60 bits per heavy atom. The first-order chi connectivity index (χ1) is 23.2. The average Bonchev–Trinajstić information content (AvgIpc) is 3.49. The number of allylic oxidation sites excluding steroid dienone is 3. The van der Waals surface area contributed by atoms with E-state index in [1.165, 1.54) is 19.8 Å². The zero-order chi connectivity index (χ0) is 36.0. The van der Waals surface area contributed by atoms with E-state index in [1.807, 2.05) is 61.2 Å². The molecule has 3 aromatic rings. The van der Waals surface area contributed by atoms with Gasteiger partial charge < -0.3 is 18.9 Å². The lowest BCUT2D eigenvalue weighted by atomic mass is 10.2. The van der Waals surface area contributed by atoms with Crippen molar-refractivity contribution in [1.82, 2.24) is 19.7 Å². The smallest absolute Gasteiger partial charge is 0.311 e. The van der Waals surface area contributed by atoms with Gasteiger partial charge in [0.1, 0.15) is 17.3 Å². The van der Waals surface area contributed by atoms with Crippen LogP contribution in [-0.2, 0) is 17.1 Å². The van der Waals surface area contributed by atoms with E-state index in [2.05, 4.69) is 97.2 Å². The van der Waals surface area contributed by atoms with E-state index in [-0.39, 0.29) is 5.57 Å². The van der Waals surface area contributed by atoms with Gasteiger partial charge in [0.15, 0.2) is 5.82 Å². The molecule has 10 heteroatoms. The molecule has 3 rings (SSSR count). The molecule has 2 aromatic carbocycles. The molecule has 1 heterocycles. The van der Waals surface area contributed by atoms with Gasteiger partial charge in [-0.05, 0) is 90.5 Å². The lowest BCUT2D eigenvalue weighted by Crippen LogP contribution is -2.15. The van der Waals surface area contributed by atoms with Crippen molar-refractivity contribution in [3.05, 3.63) is 102 Å². The van der Waals surface area contributed by atoms with Crippen LogP contribution in [-0.4, -0.2) is 65.2 Å². The maximum Gasteiger partial charge on any atom is 0.311 e. The van der Waals surface area contributed by atoms with Gasteiger partial charge in [-0.2, -0.15) is 11.8 Å². The molecular weight excluding hydrogens is 623 g/mol. The van der Waals surface area contributed by atoms with E-state index in [0.717, 1.165) is 72.8 Å². The molecule has 0 aliphatic heterocycles. The minimum Gasteiger partial charge on any atom is -0.494 e. The summed E-state index contributed by atoms with van der Waals surface area (Å²) in [7, 11) is 4.15. The summed E-state index contributed by atoms with van der Waals surface area (Å²) in [6.45, 7) is 19.6. The zero-order valence-electron chi connectivity index (χ0n) is 30.2. The van der Waals surface area contributed by atoms with Gasteiger partial charge in [-0.25, -0.2) is 0 Å². The molecule has 0 N–H and O–H groups in total. The Kier molecular flexibility index (Phi) is 26.7. The number of benzene rings is 2. The molecule has 0 radical (unpaired) electrons. The normalized spacial score (nSPS) is 10.1. The number of hydrogen-bond donors (Lipinski definition) is 0. The van der Waals surface area contributed by atoms with Gasteiger partial charge in [0.05, 0.1) is 19.0 Å². The molecule has 0 aliphatic rings. The van der Waals surface area contributed by atoms with Crippen LogP contribution in [0.3, 0.4) is 0 Å². The number of ether oxygens (including phenoxy) is 2. The van der Waals surface area contributed by atoms with Crippen LogP contribution in [0.2, 0.25) is 0 Å². The molecule has 264 valence electrons. The summed E-state index contributed by atoms with van der Waals surface area (Å²) in [5.74, 6) is 4.68. The van der Waals surface area contributed by atoms with Crippen LogP contribution in [0.25, 0.3) is 11.4 Å². The standard InChI is InChI=1S/C25H34N4O2S.C6H12.C4H5NO2.C3H6/c1-4-15-29-24(20-32-19-18-31-22-9-6-5-7-10-22)26-27-25(29)21-11-13-23(14-12-21)30-17-8-16-28(2)3;1-3-5-6-4-2;1-3(2)4(6)5-7;1-3-2/h5-7,9-14H,4,8,15-20H2,1-3H3;3,5H,4,6H2,1-2H3;1H2,2H3;3H,1H2,2H3/b;5-3-;;. The van der Waals surface area contributed by atoms with Crippen molar-refractivity contribution < 1.29 is 14.3 Å². The molecule has 0 unspecified atom stereocenters. The predicted molar refractivity (Wildman–Crippen MR) is 204 cm³/mol. The third-order valence-electron chi connectivity index (χ3n) is 6.02. The molecule has 1 aromatic heterocycles. The summed E-state index contributed by atoms with van der Waals surface area (Å²) >= 11 is 1.82. The first kappa shape index (κ1) is 44.0. The Labute approximate surface area is 293 Å². The highest BCUT2D eigenvalue weighted by Gasteiger charge is 2.13. The molecule has 0 atom stereocenters. The summed E-state index contributed by atoms with van der Waals surface area (Å²) in [5, 5.41) is 11.1. The highest BCUT2D eigenvalue weighted by atomic mass is 32.2. The molecule has 1 amide bonds. The largest absolute Gasteiger partial charge is 0.494 e. The number of para-hydroxylation sites is 1. The monoisotopic (exact) mass is 679 g/mol. The van der Waals surface area contributed by atoms with Crippen molar-refractivity contribution in [1.29, 1.82) is 0 Å². The van der Waals surface area contributed by atoms with E-state index in [4.69, 9.17) is 9.47 Å². The Morgan fingerprint density at radius 1 is 0.979 bits per heavy atom. The quantitative estimate of drug-likeness (QED) is 0.0602. The Hall–Kier alpha value is -4.02. The van der Waals surface area contributed by atoms with E-state index >= 15 is 0 Å². The second kappa shape index (κ2) is 29.1. The zero-order valence-corrected chi connectivity index (χ0v) is 31.0. The second-order valence-electron chi connectivity index (χ2n) is 10.8. The van der Waals surface area contributed by atoms with Crippen LogP contribution in [0.15, 0.2) is 96.7 Å². The Bertz CT molecular complexity index is 1310. The van der Waals surface area contributed by atoms with Crippen molar-refractivity contribution in [2.24, 2.45) is 5.18 Å². The fourth-order valence-corrected chi connectivity index (χ4v) is 4.44. The number of carbonyl (C=O) groups is 1. The highest BCUT2D eigenvalue weighted by molar-refractivity contribution is 7.98. The maximum atomic E-state index is 9.93. The van der Waals surface area contributed by atoms with Crippen molar-refractivity contribution >= 4 is 17.7 Å². The van der Waals surface area contributed by atoms with Crippen molar-refractivity contribution in [3.63, 3.8) is 0 Å². The van der Waals surface area contributed by atoms with Crippen molar-refractivity contribution in [3.8, 4) is 22.9 Å². The molecule has 9 nitrogen and oxygen atoms in total. The number of thioether (sulfide) groups is 1. The molecule has 0 saturated carbocycles. The number of rotatable bonds is 17. The molecular formula is C38H57N5O4S. The minimum atomic E-state index is -0.778. The van der Waals surface area contributed by atoms with Crippen LogP contribution >= 0.6 is 11.8 Å². The van der Waals surface area contributed by atoms with Crippen molar-refractivity contribution in [2.45, 2.75) is 72.6 Å². The van der Waals surface area contributed by atoms with Crippen LogP contribution in [0.4, 0.5) is 0 Å². The van der Waals surface area contributed by atoms with Gasteiger partial charge in [-0.3, -0.25) is 4.79 Å². The first-order valence-corrected chi connectivity index (χ1v) is 17.6. The fourth-order valence-electron chi connectivity index (χ4n) is 3.70. The van der Waals surface area contributed by atoms with Gasteiger partial charge in [0.2, 0.25) is 0 Å². The van der Waals surface area contributed by atoms with Gasteiger partial charge in [0.25, 0.3) is 0 Å². The average molecular weight is 680 g/mol. The number of nitroso groups, excluding NO2 is 1. The van der Waals surface area contributed by atoms with Crippen LogP contribution in [0, 0.1) is 4.91 Å². The van der Waals surface area contributed by atoms with Gasteiger partial charge in [0, 0.05) is 35.2 Å². The number of hydrogen-bond acceptors (Lipinski definition) is 8. The summed E-state index contributed by atoms with van der Waals surface area (Å²) < 4.78 is 13.9.